The van der Waals surface area contributed by atoms with Crippen LogP contribution in [0.5, 0.6) is 11.5 Å². The van der Waals surface area contributed by atoms with Crippen LogP contribution in [0.2, 0.25) is 0 Å². The third-order valence-corrected chi connectivity index (χ3v) is 6.47. The molecule has 0 radical (unpaired) electrons. The lowest BCUT2D eigenvalue weighted by molar-refractivity contribution is -0.123. The fourth-order valence-corrected chi connectivity index (χ4v) is 4.40. The summed E-state index contributed by atoms with van der Waals surface area (Å²) in [5.74, 6) is -0.872. The molecule has 7 nitrogen and oxygen atoms in total. The van der Waals surface area contributed by atoms with Gasteiger partial charge in [0.25, 0.3) is 0 Å². The molecule has 0 aliphatic rings. The lowest BCUT2D eigenvalue weighted by atomic mass is 9.88. The minimum Gasteiger partial charge on any atom is -0.508 e. The molecular formula is C35H40F2N2O5. The Bertz CT molecular complexity index is 1470. The van der Waals surface area contributed by atoms with Crippen LogP contribution in [0.15, 0.2) is 78.9 Å². The first-order valence-corrected chi connectivity index (χ1v) is 14.4. The highest BCUT2D eigenvalue weighted by Gasteiger charge is 2.22. The largest absolute Gasteiger partial charge is 0.508 e. The van der Waals surface area contributed by atoms with E-state index in [2.05, 4.69) is 0 Å². The molecule has 0 aliphatic carbocycles. The smallest absolute Gasteiger partial charge is 0.410 e. The van der Waals surface area contributed by atoms with Crippen LogP contribution >= 0.6 is 0 Å². The second-order valence-corrected chi connectivity index (χ2v) is 11.3. The van der Waals surface area contributed by atoms with Gasteiger partial charge in [0.15, 0.2) is 0 Å². The number of ether oxygens (including phenoxy) is 2. The van der Waals surface area contributed by atoms with E-state index in [1.54, 1.807) is 77.3 Å². The van der Waals surface area contributed by atoms with Gasteiger partial charge in [-0.15, -0.1) is 0 Å². The first-order valence-electron chi connectivity index (χ1n) is 14.4. The van der Waals surface area contributed by atoms with Crippen LogP contribution in [0.25, 0.3) is 11.1 Å². The third kappa shape index (κ3) is 9.97. The molecule has 0 atom stereocenters. The predicted octanol–water partition coefficient (Wildman–Crippen LogP) is 7.30. The highest BCUT2D eigenvalue weighted by molar-refractivity contribution is 5.98. The molecule has 2 amide bonds. The normalized spacial score (nSPS) is 12.1. The SMILES string of the molecule is CC/C(=C(\c1ccc(O)cc1)c1ccc(OCCN(C/C=C/C(=O)N(C)C)C(=O)OC(C)(C)C)cc1)c1cc(F)cc(F)c1. The summed E-state index contributed by atoms with van der Waals surface area (Å²) in [4.78, 5) is 27.6. The molecule has 0 bridgehead atoms. The Morgan fingerprint density at radius 1 is 0.886 bits per heavy atom. The van der Waals surface area contributed by atoms with Crippen LogP contribution < -0.4 is 4.74 Å². The lowest BCUT2D eigenvalue weighted by Gasteiger charge is -2.26. The molecule has 3 aromatic rings. The molecule has 0 spiro atoms. The van der Waals surface area contributed by atoms with Gasteiger partial charge in [-0.1, -0.05) is 37.3 Å². The first kappa shape index (κ1) is 33.8. The number of nitrogens with zero attached hydrogens (tertiary/aromatic N) is 2. The van der Waals surface area contributed by atoms with E-state index in [1.807, 2.05) is 19.1 Å². The van der Waals surface area contributed by atoms with Gasteiger partial charge in [0.05, 0.1) is 6.54 Å². The van der Waals surface area contributed by atoms with Crippen LogP contribution in [0.4, 0.5) is 13.6 Å². The standard InChI is InChI=1S/C35H40F2N2O5/c1-7-31(26-21-27(36)23-28(37)22-26)33(24-10-14-29(40)15-11-24)25-12-16-30(17-13-25)43-20-19-39(34(42)44-35(2,3)4)18-8-9-32(41)38(5)6/h8-17,21-23,40H,7,18-20H2,1-6H3/b9-8+,33-31-. The van der Waals surface area contributed by atoms with Crippen LogP contribution in [0.1, 0.15) is 50.8 Å². The molecule has 0 aromatic heterocycles. The van der Waals surface area contributed by atoms with E-state index >= 15 is 0 Å². The van der Waals surface area contributed by atoms with Crippen molar-refractivity contribution in [2.75, 3.05) is 33.8 Å². The van der Waals surface area contributed by atoms with E-state index in [9.17, 15) is 23.5 Å². The number of hydrogen-bond donors (Lipinski definition) is 1. The molecule has 0 heterocycles. The molecule has 44 heavy (non-hydrogen) atoms. The highest BCUT2D eigenvalue weighted by Crippen LogP contribution is 2.36. The molecule has 3 aromatic carbocycles. The van der Waals surface area contributed by atoms with Crippen molar-refractivity contribution in [3.05, 3.63) is 107 Å². The topological polar surface area (TPSA) is 79.3 Å². The molecule has 0 saturated heterocycles. The van der Waals surface area contributed by atoms with Crippen LogP contribution in [0, 0.1) is 11.6 Å². The number of benzene rings is 3. The van der Waals surface area contributed by atoms with Crippen LogP contribution in [0.3, 0.4) is 0 Å². The van der Waals surface area contributed by atoms with Crippen LogP contribution in [-0.4, -0.2) is 66.3 Å². The summed E-state index contributed by atoms with van der Waals surface area (Å²) in [6, 6.07) is 17.4. The zero-order valence-corrected chi connectivity index (χ0v) is 26.1. The van der Waals surface area contributed by atoms with Crippen LogP contribution in [-0.2, 0) is 9.53 Å². The van der Waals surface area contributed by atoms with Crippen molar-refractivity contribution in [1.82, 2.24) is 9.80 Å². The predicted molar refractivity (Wildman–Crippen MR) is 168 cm³/mol. The third-order valence-electron chi connectivity index (χ3n) is 6.47. The van der Waals surface area contributed by atoms with E-state index < -0.39 is 23.3 Å². The summed E-state index contributed by atoms with van der Waals surface area (Å²) in [5, 5.41) is 9.85. The zero-order valence-electron chi connectivity index (χ0n) is 26.1. The molecule has 3 rings (SSSR count). The molecule has 234 valence electrons. The van der Waals surface area contributed by atoms with E-state index in [0.29, 0.717) is 17.7 Å². The Morgan fingerprint density at radius 2 is 1.45 bits per heavy atom. The van der Waals surface area contributed by atoms with E-state index in [0.717, 1.165) is 28.3 Å². The van der Waals surface area contributed by atoms with Gasteiger partial charge >= 0.3 is 6.09 Å². The van der Waals surface area contributed by atoms with E-state index in [4.69, 9.17) is 9.47 Å². The molecular weight excluding hydrogens is 566 g/mol. The number of amides is 2. The number of aromatic hydroxyl groups is 1. The monoisotopic (exact) mass is 606 g/mol. The van der Waals surface area contributed by atoms with Crippen molar-refractivity contribution in [2.45, 2.75) is 39.7 Å². The number of phenols is 1. The van der Waals surface area contributed by atoms with Gasteiger partial charge < -0.3 is 24.4 Å². The number of carbonyl (C=O) groups excluding carboxylic acids is 2. The second-order valence-electron chi connectivity index (χ2n) is 11.3. The van der Waals surface area contributed by atoms with Crippen molar-refractivity contribution in [3.8, 4) is 11.5 Å². The molecule has 0 unspecified atom stereocenters. The summed E-state index contributed by atoms with van der Waals surface area (Å²) in [6.07, 6.45) is 2.97. The summed E-state index contributed by atoms with van der Waals surface area (Å²) >= 11 is 0. The van der Waals surface area contributed by atoms with Gasteiger partial charge in [-0.25, -0.2) is 13.6 Å². The van der Waals surface area contributed by atoms with Gasteiger partial charge in [0.1, 0.15) is 35.3 Å². The average Bonchev–Trinajstić information content (AvgIpc) is 2.94. The maximum Gasteiger partial charge on any atom is 0.410 e. The number of rotatable bonds is 11. The fraction of sp³-hybridized carbons (Fsp3) is 0.314. The Kier molecular flexibility index (Phi) is 11.7. The summed E-state index contributed by atoms with van der Waals surface area (Å²) < 4.78 is 39.8. The zero-order chi connectivity index (χ0) is 32.4. The van der Waals surface area contributed by atoms with E-state index in [1.165, 1.54) is 28.0 Å². The van der Waals surface area contributed by atoms with E-state index in [-0.39, 0.29) is 31.4 Å². The highest BCUT2D eigenvalue weighted by atomic mass is 19.1. The summed E-state index contributed by atoms with van der Waals surface area (Å²) in [7, 11) is 3.29. The van der Waals surface area contributed by atoms with Crippen molar-refractivity contribution in [2.24, 2.45) is 0 Å². The van der Waals surface area contributed by atoms with Gasteiger partial charge in [0, 0.05) is 32.8 Å². The number of likely N-dealkylation sites (N-methyl/N-ethyl adjacent to an activating group) is 1. The molecule has 9 heteroatoms. The summed E-state index contributed by atoms with van der Waals surface area (Å²) in [5.41, 5.74) is 2.79. The quantitative estimate of drug-likeness (QED) is 0.183. The van der Waals surface area contributed by atoms with Crippen molar-refractivity contribution < 1.29 is 33.0 Å². The van der Waals surface area contributed by atoms with Crippen molar-refractivity contribution >= 4 is 23.1 Å². The van der Waals surface area contributed by atoms with Gasteiger partial charge in [0.2, 0.25) is 5.91 Å². The minimum atomic E-state index is -0.688. The number of hydrogen-bond acceptors (Lipinski definition) is 5. The number of phenolic OH excluding ortho intramolecular Hbond substituents is 1. The Hall–Kier alpha value is -4.66. The average molecular weight is 607 g/mol. The van der Waals surface area contributed by atoms with Gasteiger partial charge in [-0.05, 0) is 91.4 Å². The number of carbonyl (C=O) groups is 2. The van der Waals surface area contributed by atoms with Crippen molar-refractivity contribution in [3.63, 3.8) is 0 Å². The number of allylic oxidation sites excluding steroid dienone is 1. The first-order chi connectivity index (χ1) is 20.8. The Morgan fingerprint density at radius 3 is 1.98 bits per heavy atom. The minimum absolute atomic E-state index is 0.104. The molecule has 1 N–H and O–H groups in total. The Labute approximate surface area is 258 Å². The number of halogens is 2. The second kappa shape index (κ2) is 15.2. The lowest BCUT2D eigenvalue weighted by Crippen LogP contribution is -2.39. The molecule has 0 aliphatic heterocycles. The molecule has 0 fully saturated rings. The van der Waals surface area contributed by atoms with Crippen molar-refractivity contribution in [1.29, 1.82) is 0 Å². The summed E-state index contributed by atoms with van der Waals surface area (Å²) in [6.45, 7) is 7.79. The maximum absolute atomic E-state index is 14.2. The Balaban J connectivity index is 1.84. The maximum atomic E-state index is 14.2. The fourth-order valence-electron chi connectivity index (χ4n) is 4.40. The van der Waals surface area contributed by atoms with Gasteiger partial charge in [-0.2, -0.15) is 0 Å². The molecule has 0 saturated carbocycles. The van der Waals surface area contributed by atoms with Gasteiger partial charge in [-0.3, -0.25) is 4.79 Å².